The summed E-state index contributed by atoms with van der Waals surface area (Å²) >= 11 is 6.02. The average Bonchev–Trinajstić information content (AvgIpc) is 2.53. The Kier molecular flexibility index (Phi) is 7.54. The molecule has 0 bridgehead atoms. The number of ether oxygens (including phenoxy) is 1. The number of benzene rings is 1. The SMILES string of the molecule is CCOC(=O)C(C)C(C)=NNC(=O)CNc1cccc(Cl)c1C. The van der Waals surface area contributed by atoms with Crippen LogP contribution in [0.5, 0.6) is 0 Å². The van der Waals surface area contributed by atoms with Crippen molar-refractivity contribution >= 4 is 34.9 Å². The van der Waals surface area contributed by atoms with Crippen molar-refractivity contribution in [2.45, 2.75) is 27.7 Å². The van der Waals surface area contributed by atoms with Crippen LogP contribution < -0.4 is 10.7 Å². The van der Waals surface area contributed by atoms with Crippen LogP contribution in [0, 0.1) is 12.8 Å². The molecule has 7 heteroatoms. The van der Waals surface area contributed by atoms with Crippen LogP contribution >= 0.6 is 11.6 Å². The summed E-state index contributed by atoms with van der Waals surface area (Å²) in [6.45, 7) is 7.30. The number of nitrogens with one attached hydrogen (secondary N) is 2. The number of hydrogen-bond donors (Lipinski definition) is 2. The molecule has 0 saturated carbocycles. The van der Waals surface area contributed by atoms with Crippen LogP contribution in [0.1, 0.15) is 26.3 Å². The molecule has 0 heterocycles. The molecule has 0 fully saturated rings. The number of amides is 1. The van der Waals surface area contributed by atoms with Crippen LogP contribution in [-0.2, 0) is 14.3 Å². The Hall–Kier alpha value is -2.08. The van der Waals surface area contributed by atoms with Crippen LogP contribution in [0.25, 0.3) is 0 Å². The van der Waals surface area contributed by atoms with Gasteiger partial charge in [0, 0.05) is 16.4 Å². The van der Waals surface area contributed by atoms with Crippen LogP contribution in [-0.4, -0.2) is 30.7 Å². The normalized spacial score (nSPS) is 12.5. The number of carbonyl (C=O) groups is 2. The number of rotatable bonds is 7. The van der Waals surface area contributed by atoms with Gasteiger partial charge in [0.1, 0.15) is 0 Å². The number of hydrogen-bond acceptors (Lipinski definition) is 5. The lowest BCUT2D eigenvalue weighted by molar-refractivity contribution is -0.145. The largest absolute Gasteiger partial charge is 0.465 e. The van der Waals surface area contributed by atoms with Gasteiger partial charge < -0.3 is 10.1 Å². The predicted octanol–water partition coefficient (Wildman–Crippen LogP) is 2.75. The number of halogens is 1. The first-order valence-corrected chi connectivity index (χ1v) is 7.73. The minimum atomic E-state index is -0.501. The van der Waals surface area contributed by atoms with Crippen molar-refractivity contribution < 1.29 is 14.3 Å². The van der Waals surface area contributed by atoms with Gasteiger partial charge in [-0.1, -0.05) is 17.7 Å². The minimum absolute atomic E-state index is 0.0474. The zero-order chi connectivity index (χ0) is 17.4. The highest BCUT2D eigenvalue weighted by molar-refractivity contribution is 6.31. The van der Waals surface area contributed by atoms with E-state index < -0.39 is 5.92 Å². The van der Waals surface area contributed by atoms with Gasteiger partial charge in [-0.05, 0) is 45.4 Å². The molecule has 1 unspecified atom stereocenters. The maximum absolute atomic E-state index is 11.8. The molecule has 0 aliphatic carbocycles. The summed E-state index contributed by atoms with van der Waals surface area (Å²) in [4.78, 5) is 23.4. The quantitative estimate of drug-likeness (QED) is 0.455. The van der Waals surface area contributed by atoms with E-state index in [2.05, 4.69) is 15.8 Å². The monoisotopic (exact) mass is 339 g/mol. The van der Waals surface area contributed by atoms with E-state index >= 15 is 0 Å². The van der Waals surface area contributed by atoms with Gasteiger partial charge in [0.15, 0.2) is 0 Å². The van der Waals surface area contributed by atoms with E-state index in [4.69, 9.17) is 16.3 Å². The molecule has 6 nitrogen and oxygen atoms in total. The third-order valence-electron chi connectivity index (χ3n) is 3.33. The third kappa shape index (κ3) is 5.90. The van der Waals surface area contributed by atoms with Crippen LogP contribution in [0.15, 0.2) is 23.3 Å². The van der Waals surface area contributed by atoms with Crippen molar-refractivity contribution in [2.24, 2.45) is 11.0 Å². The fourth-order valence-electron chi connectivity index (χ4n) is 1.70. The van der Waals surface area contributed by atoms with Gasteiger partial charge in [-0.15, -0.1) is 0 Å². The lowest BCUT2D eigenvalue weighted by atomic mass is 10.1. The first kappa shape index (κ1) is 19.0. The van der Waals surface area contributed by atoms with Crippen LogP contribution in [0.4, 0.5) is 5.69 Å². The summed E-state index contributed by atoms with van der Waals surface area (Å²) < 4.78 is 4.90. The van der Waals surface area contributed by atoms with Crippen molar-refractivity contribution in [3.63, 3.8) is 0 Å². The molecular weight excluding hydrogens is 318 g/mol. The number of hydrazone groups is 1. The Bertz CT molecular complexity index is 602. The molecule has 1 aromatic rings. The smallest absolute Gasteiger partial charge is 0.314 e. The van der Waals surface area contributed by atoms with Crippen molar-refractivity contribution in [1.82, 2.24) is 5.43 Å². The molecule has 23 heavy (non-hydrogen) atoms. The van der Waals surface area contributed by atoms with Crippen molar-refractivity contribution in [1.29, 1.82) is 0 Å². The summed E-state index contributed by atoms with van der Waals surface area (Å²) in [5.74, 6) is -1.19. The molecule has 2 N–H and O–H groups in total. The Morgan fingerprint density at radius 1 is 1.39 bits per heavy atom. The highest BCUT2D eigenvalue weighted by Crippen LogP contribution is 2.22. The van der Waals surface area contributed by atoms with Gasteiger partial charge in [-0.3, -0.25) is 9.59 Å². The maximum Gasteiger partial charge on any atom is 0.314 e. The molecule has 0 spiro atoms. The summed E-state index contributed by atoms with van der Waals surface area (Å²) in [5.41, 5.74) is 4.55. The highest BCUT2D eigenvalue weighted by Gasteiger charge is 2.17. The molecule has 1 atom stereocenters. The zero-order valence-electron chi connectivity index (χ0n) is 13.8. The number of anilines is 1. The minimum Gasteiger partial charge on any atom is -0.465 e. The van der Waals surface area contributed by atoms with Gasteiger partial charge in [0.2, 0.25) is 0 Å². The molecular formula is C16H22ClN3O3. The van der Waals surface area contributed by atoms with Gasteiger partial charge in [0.25, 0.3) is 5.91 Å². The number of esters is 1. The Balaban J connectivity index is 2.52. The zero-order valence-corrected chi connectivity index (χ0v) is 14.5. The molecule has 1 rings (SSSR count). The predicted molar refractivity (Wildman–Crippen MR) is 91.7 cm³/mol. The molecule has 126 valence electrons. The van der Waals surface area contributed by atoms with Crippen molar-refractivity contribution in [3.05, 3.63) is 28.8 Å². The second kappa shape index (κ2) is 9.15. The van der Waals surface area contributed by atoms with E-state index in [0.29, 0.717) is 17.3 Å². The Morgan fingerprint density at radius 2 is 2.09 bits per heavy atom. The third-order valence-corrected chi connectivity index (χ3v) is 3.74. The molecule has 0 radical (unpaired) electrons. The van der Waals surface area contributed by atoms with E-state index in [1.807, 2.05) is 13.0 Å². The summed E-state index contributed by atoms with van der Waals surface area (Å²) in [5, 5.41) is 7.55. The lowest BCUT2D eigenvalue weighted by Crippen LogP contribution is -2.29. The molecule has 0 aliphatic rings. The topological polar surface area (TPSA) is 79.8 Å². The van der Waals surface area contributed by atoms with Gasteiger partial charge in [-0.25, -0.2) is 5.43 Å². The maximum atomic E-state index is 11.8. The van der Waals surface area contributed by atoms with Crippen molar-refractivity contribution in [2.75, 3.05) is 18.5 Å². The second-order valence-electron chi connectivity index (χ2n) is 5.03. The molecule has 1 amide bonds. The summed E-state index contributed by atoms with van der Waals surface area (Å²) in [6, 6.07) is 5.43. The Labute approximate surface area is 141 Å². The Morgan fingerprint density at radius 3 is 2.74 bits per heavy atom. The standard InChI is InChI=1S/C16H22ClN3O3/c1-5-23-16(22)10(2)12(4)19-20-15(21)9-18-14-8-6-7-13(17)11(14)3/h6-8,10,18H,5,9H2,1-4H3,(H,20,21). The first-order chi connectivity index (χ1) is 10.9. The van der Waals surface area contributed by atoms with E-state index in [9.17, 15) is 9.59 Å². The van der Waals surface area contributed by atoms with E-state index in [0.717, 1.165) is 11.3 Å². The number of nitrogens with zero attached hydrogens (tertiary/aromatic N) is 1. The van der Waals surface area contributed by atoms with E-state index in [1.54, 1.807) is 32.9 Å². The first-order valence-electron chi connectivity index (χ1n) is 7.35. The van der Waals surface area contributed by atoms with E-state index in [-0.39, 0.29) is 18.4 Å². The summed E-state index contributed by atoms with van der Waals surface area (Å²) in [7, 11) is 0. The van der Waals surface area contributed by atoms with Crippen LogP contribution in [0.3, 0.4) is 0 Å². The molecule has 0 saturated heterocycles. The van der Waals surface area contributed by atoms with E-state index in [1.165, 1.54) is 0 Å². The summed E-state index contributed by atoms with van der Waals surface area (Å²) in [6.07, 6.45) is 0. The molecule has 1 aromatic carbocycles. The van der Waals surface area contributed by atoms with Crippen molar-refractivity contribution in [3.8, 4) is 0 Å². The fourth-order valence-corrected chi connectivity index (χ4v) is 1.87. The highest BCUT2D eigenvalue weighted by atomic mass is 35.5. The number of carbonyl (C=O) groups excluding carboxylic acids is 2. The lowest BCUT2D eigenvalue weighted by Gasteiger charge is -2.11. The van der Waals surface area contributed by atoms with Gasteiger partial charge in [-0.2, -0.15) is 5.10 Å². The molecule has 0 aliphatic heterocycles. The molecule has 0 aromatic heterocycles. The average molecular weight is 340 g/mol. The van der Waals surface area contributed by atoms with Crippen LogP contribution in [0.2, 0.25) is 5.02 Å². The fraction of sp³-hybridized carbons (Fsp3) is 0.438. The van der Waals surface area contributed by atoms with Gasteiger partial charge in [0.05, 0.1) is 19.1 Å². The second-order valence-corrected chi connectivity index (χ2v) is 5.44. The van der Waals surface area contributed by atoms with Gasteiger partial charge >= 0.3 is 5.97 Å².